The van der Waals surface area contributed by atoms with Crippen molar-refractivity contribution in [1.29, 1.82) is 0 Å². The molecular weight excluding hydrogens is 221 g/mol. The van der Waals surface area contributed by atoms with E-state index in [2.05, 4.69) is 4.72 Å². The first kappa shape index (κ1) is 12.1. The third-order valence-corrected chi connectivity index (χ3v) is 3.10. The molecule has 6 heteroatoms. The van der Waals surface area contributed by atoms with E-state index in [1.54, 1.807) is 0 Å². The van der Waals surface area contributed by atoms with E-state index in [9.17, 15) is 12.8 Å². The summed E-state index contributed by atoms with van der Waals surface area (Å²) in [6.45, 7) is 1.35. The monoisotopic (exact) mass is 233 g/mol. The van der Waals surface area contributed by atoms with Crippen molar-refractivity contribution in [3.63, 3.8) is 0 Å². The molecule has 0 aliphatic heterocycles. The fourth-order valence-electron chi connectivity index (χ4n) is 0.948. The maximum Gasteiger partial charge on any atom is 0.240 e. The second kappa shape index (κ2) is 4.69. The number of rotatable bonds is 4. The van der Waals surface area contributed by atoms with Crippen LogP contribution in [-0.2, 0) is 10.0 Å². The molecule has 0 saturated carbocycles. The van der Waals surface area contributed by atoms with Crippen LogP contribution in [-0.4, -0.2) is 26.2 Å². The van der Waals surface area contributed by atoms with Gasteiger partial charge in [0.1, 0.15) is 5.82 Å². The summed E-state index contributed by atoms with van der Waals surface area (Å²) in [5.41, 5.74) is 0. The molecule has 1 atom stereocenters. The van der Waals surface area contributed by atoms with Gasteiger partial charge in [-0.2, -0.15) is 0 Å². The van der Waals surface area contributed by atoms with E-state index in [1.807, 2.05) is 0 Å². The summed E-state index contributed by atoms with van der Waals surface area (Å²) in [7, 11) is -3.73. The SMILES string of the molecule is C[C@H](O)CNS(=O)(=O)c1cccc(F)c1. The standard InChI is InChI=1S/C9H12FNO3S/c1-7(12)6-11-15(13,14)9-4-2-3-8(10)5-9/h2-5,7,11-12H,6H2,1H3/t7-/m0/s1. The van der Waals surface area contributed by atoms with Gasteiger partial charge in [-0.15, -0.1) is 0 Å². The summed E-state index contributed by atoms with van der Waals surface area (Å²) in [6, 6.07) is 4.68. The Morgan fingerprint density at radius 3 is 2.73 bits per heavy atom. The predicted octanol–water partition coefficient (Wildman–Crippen LogP) is 0.485. The van der Waals surface area contributed by atoms with Crippen LogP contribution in [0.2, 0.25) is 0 Å². The number of hydrogen-bond donors (Lipinski definition) is 2. The van der Waals surface area contributed by atoms with Crippen LogP contribution in [0.25, 0.3) is 0 Å². The number of aliphatic hydroxyl groups excluding tert-OH is 1. The highest BCUT2D eigenvalue weighted by atomic mass is 32.2. The smallest absolute Gasteiger partial charge is 0.240 e. The Bertz CT molecular complexity index is 431. The average Bonchev–Trinajstić information content (AvgIpc) is 2.15. The van der Waals surface area contributed by atoms with Gasteiger partial charge in [0, 0.05) is 6.54 Å². The predicted molar refractivity (Wildman–Crippen MR) is 53.3 cm³/mol. The van der Waals surface area contributed by atoms with Crippen LogP contribution < -0.4 is 4.72 Å². The van der Waals surface area contributed by atoms with Gasteiger partial charge >= 0.3 is 0 Å². The largest absolute Gasteiger partial charge is 0.392 e. The van der Waals surface area contributed by atoms with Crippen molar-refractivity contribution in [3.8, 4) is 0 Å². The molecule has 1 aromatic rings. The summed E-state index contributed by atoms with van der Waals surface area (Å²) in [5, 5.41) is 8.92. The second-order valence-electron chi connectivity index (χ2n) is 3.16. The maximum atomic E-state index is 12.8. The normalized spacial score (nSPS) is 13.8. The van der Waals surface area contributed by atoms with Crippen LogP contribution >= 0.6 is 0 Å². The van der Waals surface area contributed by atoms with Gasteiger partial charge in [-0.05, 0) is 25.1 Å². The minimum atomic E-state index is -3.73. The summed E-state index contributed by atoms with van der Waals surface area (Å²) >= 11 is 0. The van der Waals surface area contributed by atoms with Gasteiger partial charge in [-0.1, -0.05) is 6.07 Å². The van der Waals surface area contributed by atoms with Gasteiger partial charge in [0.2, 0.25) is 10.0 Å². The molecule has 0 radical (unpaired) electrons. The second-order valence-corrected chi connectivity index (χ2v) is 4.93. The zero-order chi connectivity index (χ0) is 11.5. The van der Waals surface area contributed by atoms with Gasteiger partial charge in [-0.25, -0.2) is 17.5 Å². The number of halogens is 1. The molecule has 4 nitrogen and oxygen atoms in total. The number of benzene rings is 1. The quantitative estimate of drug-likeness (QED) is 0.795. The van der Waals surface area contributed by atoms with Crippen LogP contribution in [0, 0.1) is 5.82 Å². The summed E-state index contributed by atoms with van der Waals surface area (Å²) < 4.78 is 37.9. The highest BCUT2D eigenvalue weighted by Gasteiger charge is 2.14. The molecule has 0 spiro atoms. The fourth-order valence-corrected chi connectivity index (χ4v) is 2.10. The Hall–Kier alpha value is -0.980. The fraction of sp³-hybridized carbons (Fsp3) is 0.333. The first-order chi connectivity index (χ1) is 6.92. The van der Waals surface area contributed by atoms with E-state index in [4.69, 9.17) is 5.11 Å². The van der Waals surface area contributed by atoms with Crippen molar-refractivity contribution in [2.45, 2.75) is 17.9 Å². The van der Waals surface area contributed by atoms with Crippen molar-refractivity contribution in [2.24, 2.45) is 0 Å². The van der Waals surface area contributed by atoms with Gasteiger partial charge < -0.3 is 5.11 Å². The van der Waals surface area contributed by atoms with Crippen LogP contribution in [0.4, 0.5) is 4.39 Å². The number of aliphatic hydroxyl groups is 1. The first-order valence-corrected chi connectivity index (χ1v) is 5.83. The van der Waals surface area contributed by atoms with Gasteiger partial charge in [-0.3, -0.25) is 0 Å². The molecule has 0 aliphatic rings. The van der Waals surface area contributed by atoms with Crippen molar-refractivity contribution in [2.75, 3.05) is 6.54 Å². The Morgan fingerprint density at radius 2 is 2.20 bits per heavy atom. The minimum absolute atomic E-state index is 0.0984. The molecule has 0 fully saturated rings. The molecule has 0 unspecified atom stereocenters. The third-order valence-electron chi connectivity index (χ3n) is 1.68. The van der Waals surface area contributed by atoms with Crippen molar-refractivity contribution in [3.05, 3.63) is 30.1 Å². The molecule has 84 valence electrons. The molecule has 0 saturated heterocycles. The number of nitrogens with one attached hydrogen (secondary N) is 1. The molecule has 2 N–H and O–H groups in total. The number of hydrogen-bond acceptors (Lipinski definition) is 3. The van der Waals surface area contributed by atoms with E-state index in [0.717, 1.165) is 12.1 Å². The van der Waals surface area contributed by atoms with Crippen LogP contribution in [0.1, 0.15) is 6.92 Å². The summed E-state index contributed by atoms with van der Waals surface area (Å²) in [4.78, 5) is -0.150. The lowest BCUT2D eigenvalue weighted by Crippen LogP contribution is -2.30. The van der Waals surface area contributed by atoms with Crippen LogP contribution in [0.15, 0.2) is 29.2 Å². The van der Waals surface area contributed by atoms with Crippen LogP contribution in [0.5, 0.6) is 0 Å². The zero-order valence-electron chi connectivity index (χ0n) is 8.14. The molecule has 0 amide bonds. The van der Waals surface area contributed by atoms with E-state index < -0.39 is 21.9 Å². The maximum absolute atomic E-state index is 12.8. The lowest BCUT2D eigenvalue weighted by Gasteiger charge is -2.08. The molecular formula is C9H12FNO3S. The Kier molecular flexibility index (Phi) is 3.78. The average molecular weight is 233 g/mol. The van der Waals surface area contributed by atoms with Gasteiger partial charge in [0.15, 0.2) is 0 Å². The van der Waals surface area contributed by atoms with Crippen molar-refractivity contribution >= 4 is 10.0 Å². The van der Waals surface area contributed by atoms with E-state index in [-0.39, 0.29) is 11.4 Å². The van der Waals surface area contributed by atoms with Gasteiger partial charge in [0.25, 0.3) is 0 Å². The number of sulfonamides is 1. The zero-order valence-corrected chi connectivity index (χ0v) is 8.96. The molecule has 0 heterocycles. The molecule has 1 rings (SSSR count). The highest BCUT2D eigenvalue weighted by Crippen LogP contribution is 2.09. The molecule has 15 heavy (non-hydrogen) atoms. The third kappa shape index (κ3) is 3.58. The van der Waals surface area contributed by atoms with Crippen molar-refractivity contribution in [1.82, 2.24) is 4.72 Å². The molecule has 1 aromatic carbocycles. The first-order valence-electron chi connectivity index (χ1n) is 4.35. The van der Waals surface area contributed by atoms with Crippen LogP contribution in [0.3, 0.4) is 0 Å². The van der Waals surface area contributed by atoms with E-state index >= 15 is 0 Å². The summed E-state index contributed by atoms with van der Waals surface area (Å²) in [5.74, 6) is -0.616. The molecule has 0 aromatic heterocycles. The lowest BCUT2D eigenvalue weighted by molar-refractivity contribution is 0.198. The Balaban J connectivity index is 2.87. The lowest BCUT2D eigenvalue weighted by atomic mass is 10.4. The van der Waals surface area contributed by atoms with E-state index in [1.165, 1.54) is 19.1 Å². The topological polar surface area (TPSA) is 66.4 Å². The van der Waals surface area contributed by atoms with Crippen molar-refractivity contribution < 1.29 is 17.9 Å². The molecule has 0 aliphatic carbocycles. The Morgan fingerprint density at radius 1 is 1.53 bits per heavy atom. The van der Waals surface area contributed by atoms with E-state index in [0.29, 0.717) is 0 Å². The Labute approximate surface area is 87.8 Å². The minimum Gasteiger partial charge on any atom is -0.392 e. The van der Waals surface area contributed by atoms with Gasteiger partial charge in [0.05, 0.1) is 11.0 Å². The highest BCUT2D eigenvalue weighted by molar-refractivity contribution is 7.89. The molecule has 0 bridgehead atoms. The summed E-state index contributed by atoms with van der Waals surface area (Å²) in [6.07, 6.45) is -0.784.